The van der Waals surface area contributed by atoms with Crippen molar-refractivity contribution in [2.45, 2.75) is 477 Å². The van der Waals surface area contributed by atoms with E-state index >= 15 is 0 Å². The van der Waals surface area contributed by atoms with Crippen molar-refractivity contribution in [1.29, 1.82) is 0 Å². The van der Waals surface area contributed by atoms with E-state index in [9.17, 15) is 5.11 Å². The Morgan fingerprint density at radius 3 is 0.372 bits per heavy atom. The molecule has 0 aromatic heterocycles. The van der Waals surface area contributed by atoms with Gasteiger partial charge in [0.25, 0.3) is 0 Å². The first kappa shape index (κ1) is 94.8. The molecular formula is C72H168N16OP5+. The van der Waals surface area contributed by atoms with Crippen LogP contribution in [0.3, 0.4) is 0 Å². The van der Waals surface area contributed by atoms with Crippen molar-refractivity contribution in [2.75, 3.05) is 0 Å². The number of hydrogen-bond donors (Lipinski definition) is 1. The summed E-state index contributed by atoms with van der Waals surface area (Å²) in [5.74, 6) is 0. The topological polar surface area (TPSA) is 109 Å². The van der Waals surface area contributed by atoms with E-state index in [4.69, 9.17) is 18.1 Å². The standard InChI is InChI=1S/C72H168N16OP5/c1-49(2)77(50(3)4)91(78(51(5)6)52(7)8,79(53(9)10)54(11)12)73-90(74-92(80(55(13)14)56(15)16,81(57(17)18)58(19)20)82(59(21)22)60(23)24,75-93(83(61(25)26)62(27)28,84(63(29)30)64(31)32)85(65(33)34)66(35)36)76-94(86(67(37)38)68(39)40,87(69(41)42)70(43)44)88(71(45)46)72(47,48)89/h49-71,89H,1-48H3/q+1. The highest BCUT2D eigenvalue weighted by atomic mass is 31.3. The van der Waals surface area contributed by atoms with Gasteiger partial charge in [-0.05, 0) is 350 Å². The van der Waals surface area contributed by atoms with E-state index < -0.39 is 43.6 Å². The molecule has 566 valence electrons. The van der Waals surface area contributed by atoms with Gasteiger partial charge in [0.2, 0.25) is 30.0 Å². The normalized spacial score (nSPS) is 15.0. The van der Waals surface area contributed by atoms with Crippen molar-refractivity contribution in [3.63, 3.8) is 0 Å². The Bertz CT molecular complexity index is 1960. The van der Waals surface area contributed by atoms with Crippen LogP contribution in [0.15, 0.2) is 18.1 Å². The number of rotatable bonds is 40. The Morgan fingerprint density at radius 2 is 0.287 bits per heavy atom. The fourth-order valence-corrected chi connectivity index (χ4v) is 47.5. The van der Waals surface area contributed by atoms with Crippen LogP contribution in [-0.4, -0.2) is 206 Å². The average Bonchev–Trinajstić information content (AvgIpc) is 3.27. The maximum Gasteiger partial charge on any atom is 0.502 e. The zero-order valence-electron chi connectivity index (χ0n) is 71.6. The predicted molar refractivity (Wildman–Crippen MR) is 431 cm³/mol. The minimum atomic E-state index is -4.52. The summed E-state index contributed by atoms with van der Waals surface area (Å²) in [4.78, 5) is 0. The first-order valence-electron chi connectivity index (χ1n) is 37.9. The molecule has 22 heteroatoms. The summed E-state index contributed by atoms with van der Waals surface area (Å²) in [5.41, 5.74) is -1.43. The van der Waals surface area contributed by atoms with Crippen LogP contribution < -0.4 is 0 Å². The molecule has 0 atom stereocenters. The molecular weight excluding hydrogens is 1260 g/mol. The van der Waals surface area contributed by atoms with Crippen LogP contribution in [0, 0.1) is 0 Å². The molecule has 1 N–H and O–H groups in total. The zero-order valence-corrected chi connectivity index (χ0v) is 76.1. The van der Waals surface area contributed by atoms with Gasteiger partial charge < -0.3 is 5.11 Å². The molecule has 0 aliphatic carbocycles. The first-order valence-corrected chi connectivity index (χ1v) is 45.9. The molecule has 0 aliphatic heterocycles. The lowest BCUT2D eigenvalue weighted by molar-refractivity contribution is -0.0493. The Hall–Kier alpha value is 0.830. The van der Waals surface area contributed by atoms with Crippen LogP contribution in [0.5, 0.6) is 0 Å². The summed E-state index contributed by atoms with van der Waals surface area (Å²) in [7, 11) is -18.9. The van der Waals surface area contributed by atoms with Gasteiger partial charge in [-0.15, -0.1) is 0 Å². The molecule has 0 spiro atoms. The van der Waals surface area contributed by atoms with Gasteiger partial charge in [0.1, 0.15) is 5.72 Å². The first-order chi connectivity index (χ1) is 42.3. The van der Waals surface area contributed by atoms with Crippen LogP contribution in [0.2, 0.25) is 0 Å². The van der Waals surface area contributed by atoms with Gasteiger partial charge in [-0.1, -0.05) is 0 Å². The molecule has 0 saturated heterocycles. The lowest BCUT2D eigenvalue weighted by Crippen LogP contribution is -2.57. The third-order valence-electron chi connectivity index (χ3n) is 17.3. The molecule has 0 bridgehead atoms. The van der Waals surface area contributed by atoms with E-state index in [1.807, 2.05) is 13.8 Å². The molecule has 0 fully saturated rings. The molecule has 0 aromatic carbocycles. The molecule has 0 amide bonds. The highest BCUT2D eigenvalue weighted by molar-refractivity contribution is 7.88. The molecule has 0 aromatic rings. The van der Waals surface area contributed by atoms with Crippen molar-refractivity contribution < 1.29 is 5.11 Å². The number of aliphatic hydroxyl groups is 1. The van der Waals surface area contributed by atoms with Gasteiger partial charge in [-0.3, -0.25) is 0 Å². The van der Waals surface area contributed by atoms with E-state index in [2.05, 4.69) is 375 Å². The average molecular weight is 1430 g/mol. The van der Waals surface area contributed by atoms with Crippen molar-refractivity contribution >= 4 is 37.9 Å². The number of nitrogens with zero attached hydrogens (tertiary/aromatic N) is 16. The summed E-state index contributed by atoms with van der Waals surface area (Å²) < 4.78 is 65.2. The molecule has 0 aliphatic rings. The predicted octanol–water partition coefficient (Wildman–Crippen LogP) is 23.2. The minimum Gasteiger partial charge on any atom is -0.376 e. The Morgan fingerprint density at radius 1 is 0.191 bits per heavy atom. The van der Waals surface area contributed by atoms with Gasteiger partial charge in [-0.2, -0.15) is 0 Å². The lowest BCUT2D eigenvalue weighted by Gasteiger charge is -2.59. The van der Waals surface area contributed by atoms with Gasteiger partial charge in [0.15, 0.2) is 0 Å². The third-order valence-corrected chi connectivity index (χ3v) is 43.5. The van der Waals surface area contributed by atoms with E-state index in [0.717, 1.165) is 0 Å². The summed E-state index contributed by atoms with van der Waals surface area (Å²) in [5, 5.41) is 14.1. The Balaban J connectivity index is 15.8. The van der Waals surface area contributed by atoms with Crippen molar-refractivity contribution in [3.05, 3.63) is 0 Å². The second-order valence-corrected chi connectivity index (χ2v) is 48.0. The van der Waals surface area contributed by atoms with Crippen LogP contribution in [0.4, 0.5) is 0 Å². The molecule has 0 rings (SSSR count). The monoisotopic (exact) mass is 1430 g/mol. The maximum atomic E-state index is 14.1. The summed E-state index contributed by atoms with van der Waals surface area (Å²) in [6.07, 6.45) is 0. The molecule has 0 radical (unpaired) electrons. The molecule has 0 saturated carbocycles. The van der Waals surface area contributed by atoms with Crippen LogP contribution in [0.25, 0.3) is 0 Å². The van der Waals surface area contributed by atoms with E-state index in [1.54, 1.807) is 0 Å². The molecule has 94 heavy (non-hydrogen) atoms. The van der Waals surface area contributed by atoms with Gasteiger partial charge in [-0.25, -0.2) is 56.0 Å². The molecule has 0 unspecified atom stereocenters. The SMILES string of the molecule is CC(C)N(C(C)C)P(=N[P+](N=P(N(C(C)C)C(C)C)(N(C(C)C)C(C)C)N(C(C)C)C(C)C)(N=P(N(C(C)C)C(C)C)(N(C(C)C)C(C)C)N(C(C)C)C(C)C)N=P(N(C(C)C)C(C)C)(N(C(C)C)C(C)C)N(C(C)C)C(C)(C)O)(N(C(C)C)C(C)C)N(C(C)C)C(C)C. The lowest BCUT2D eigenvalue weighted by atomic mass is 10.2. The quantitative estimate of drug-likeness (QED) is 0.0465. The maximum absolute atomic E-state index is 14.1. The Labute approximate surface area is 591 Å². The largest absolute Gasteiger partial charge is 0.502 e. The Kier molecular flexibility index (Phi) is 38.4. The summed E-state index contributed by atoms with van der Waals surface area (Å²) in [6, 6.07) is -0.372. The van der Waals surface area contributed by atoms with Crippen LogP contribution in [0.1, 0.15) is 332 Å². The third kappa shape index (κ3) is 20.6. The second kappa shape index (κ2) is 38.0. The fraction of sp³-hybridized carbons (Fsp3) is 1.00. The van der Waals surface area contributed by atoms with Gasteiger partial charge in [0.05, 0.1) is 0 Å². The molecule has 0 heterocycles. The van der Waals surface area contributed by atoms with E-state index in [-0.39, 0.29) is 139 Å². The second-order valence-electron chi connectivity index (χ2n) is 34.2. The zero-order chi connectivity index (χ0) is 75.0. The van der Waals surface area contributed by atoms with E-state index in [0.29, 0.717) is 0 Å². The van der Waals surface area contributed by atoms with E-state index in [1.165, 1.54) is 0 Å². The van der Waals surface area contributed by atoms with Gasteiger partial charge >= 0.3 is 7.87 Å². The smallest absolute Gasteiger partial charge is 0.376 e. The number of hydrogen-bond acceptors (Lipinski definition) is 5. The fourth-order valence-electron chi connectivity index (χ4n) is 17.4. The van der Waals surface area contributed by atoms with Crippen molar-refractivity contribution in [3.8, 4) is 0 Å². The highest BCUT2D eigenvalue weighted by Crippen LogP contribution is 2.90. The van der Waals surface area contributed by atoms with Crippen molar-refractivity contribution in [2.24, 2.45) is 18.1 Å². The van der Waals surface area contributed by atoms with Gasteiger partial charge in [0, 0.05) is 139 Å². The molecule has 17 nitrogen and oxygen atoms in total. The summed E-state index contributed by atoms with van der Waals surface area (Å²) in [6.45, 7) is 115. The van der Waals surface area contributed by atoms with Crippen LogP contribution >= 0.6 is 37.9 Å². The minimum absolute atomic E-state index is 0.00814. The summed E-state index contributed by atoms with van der Waals surface area (Å²) >= 11 is 0. The highest BCUT2D eigenvalue weighted by Gasteiger charge is 2.66. The van der Waals surface area contributed by atoms with Crippen LogP contribution in [-0.2, 0) is 0 Å². The van der Waals surface area contributed by atoms with Crippen molar-refractivity contribution in [1.82, 2.24) is 56.0 Å².